The van der Waals surface area contributed by atoms with Gasteiger partial charge in [0.25, 0.3) is 0 Å². The molecule has 0 unspecified atom stereocenters. The van der Waals surface area contributed by atoms with Gasteiger partial charge in [-0.15, -0.1) is 0 Å². The summed E-state index contributed by atoms with van der Waals surface area (Å²) in [6.45, 7) is 0. The second-order valence-electron chi connectivity index (χ2n) is 4.62. The number of nitrogens with one attached hydrogen (secondary N) is 1. The minimum Gasteiger partial charge on any atom is -0.357 e. The molecule has 92 valence electrons. The molecule has 0 spiro atoms. The molecule has 2 aromatic carbocycles. The maximum absolute atomic E-state index is 9.33. The van der Waals surface area contributed by atoms with Gasteiger partial charge in [0, 0.05) is 16.6 Å². The van der Waals surface area contributed by atoms with Crippen molar-refractivity contribution >= 4 is 10.9 Å². The van der Waals surface area contributed by atoms with Gasteiger partial charge >= 0.3 is 0 Å². The van der Waals surface area contributed by atoms with Crippen LogP contribution in [0.1, 0.15) is 16.8 Å². The third-order valence-electron chi connectivity index (χ3n) is 3.40. The maximum atomic E-state index is 9.33. The van der Waals surface area contributed by atoms with E-state index >= 15 is 0 Å². The van der Waals surface area contributed by atoms with E-state index in [9.17, 15) is 5.26 Å². The molecule has 0 aliphatic carbocycles. The van der Waals surface area contributed by atoms with Crippen LogP contribution in [0, 0.1) is 11.3 Å². The Hall–Kier alpha value is -2.53. The van der Waals surface area contributed by atoms with E-state index in [2.05, 4.69) is 23.2 Å². The molecule has 0 saturated carbocycles. The Kier molecular flexibility index (Phi) is 3.04. The average Bonchev–Trinajstić information content (AvgIpc) is 2.83. The molecule has 2 nitrogen and oxygen atoms in total. The minimum atomic E-state index is 0.784. The molecule has 0 bridgehead atoms. The first-order chi connectivity index (χ1) is 9.38. The summed E-state index contributed by atoms with van der Waals surface area (Å²) in [5.41, 5.74) is 4.16. The van der Waals surface area contributed by atoms with E-state index in [0.29, 0.717) is 0 Å². The lowest BCUT2D eigenvalue weighted by Gasteiger charge is -2.00. The van der Waals surface area contributed by atoms with Gasteiger partial charge in [-0.05, 0) is 24.5 Å². The topological polar surface area (TPSA) is 39.6 Å². The number of nitrogens with zero attached hydrogens (tertiary/aromatic N) is 1. The predicted octanol–water partition coefficient (Wildman–Crippen LogP) is 3.82. The van der Waals surface area contributed by atoms with E-state index in [1.807, 2.05) is 42.5 Å². The Bertz CT molecular complexity index is 733. The number of aromatic amines is 1. The molecule has 1 heterocycles. The van der Waals surface area contributed by atoms with Crippen LogP contribution in [-0.4, -0.2) is 4.98 Å². The lowest BCUT2D eigenvalue weighted by molar-refractivity contribution is 0.926. The molecule has 0 aliphatic rings. The fourth-order valence-electron chi connectivity index (χ4n) is 2.43. The van der Waals surface area contributed by atoms with Crippen LogP contribution in [0.15, 0.2) is 54.6 Å². The second kappa shape index (κ2) is 4.99. The van der Waals surface area contributed by atoms with Gasteiger partial charge in [0.2, 0.25) is 0 Å². The first-order valence-electron chi connectivity index (χ1n) is 6.42. The van der Waals surface area contributed by atoms with Crippen molar-refractivity contribution < 1.29 is 0 Å². The largest absolute Gasteiger partial charge is 0.357 e. The van der Waals surface area contributed by atoms with Gasteiger partial charge < -0.3 is 4.98 Å². The third-order valence-corrected chi connectivity index (χ3v) is 3.40. The summed E-state index contributed by atoms with van der Waals surface area (Å²) >= 11 is 0. The zero-order valence-corrected chi connectivity index (χ0v) is 10.6. The monoisotopic (exact) mass is 246 g/mol. The molecule has 0 fully saturated rings. The van der Waals surface area contributed by atoms with Crippen molar-refractivity contribution in [1.82, 2.24) is 4.98 Å². The molecule has 3 rings (SSSR count). The molecule has 0 atom stereocenters. The SMILES string of the molecule is N#Cc1c(CCc2ccccc2)[nH]c2ccccc12. The number of aryl methyl sites for hydroxylation is 2. The zero-order valence-electron chi connectivity index (χ0n) is 10.6. The van der Waals surface area contributed by atoms with Crippen LogP contribution < -0.4 is 0 Å². The summed E-state index contributed by atoms with van der Waals surface area (Å²) < 4.78 is 0. The number of nitriles is 1. The van der Waals surface area contributed by atoms with Crippen molar-refractivity contribution in [3.63, 3.8) is 0 Å². The summed E-state index contributed by atoms with van der Waals surface area (Å²) in [4.78, 5) is 3.36. The Labute approximate surface area is 112 Å². The van der Waals surface area contributed by atoms with E-state index in [0.717, 1.165) is 35.0 Å². The van der Waals surface area contributed by atoms with Crippen molar-refractivity contribution in [2.45, 2.75) is 12.8 Å². The van der Waals surface area contributed by atoms with Crippen molar-refractivity contribution in [3.05, 3.63) is 71.4 Å². The Balaban J connectivity index is 1.91. The van der Waals surface area contributed by atoms with Crippen molar-refractivity contribution in [2.75, 3.05) is 0 Å². The highest BCUT2D eigenvalue weighted by Gasteiger charge is 2.10. The standard InChI is InChI=1S/C17H14N2/c18-12-15-14-8-4-5-9-16(14)19-17(15)11-10-13-6-2-1-3-7-13/h1-9,19H,10-11H2. The fourth-order valence-corrected chi connectivity index (χ4v) is 2.43. The maximum Gasteiger partial charge on any atom is 0.102 e. The molecule has 0 amide bonds. The molecule has 0 radical (unpaired) electrons. The van der Waals surface area contributed by atoms with E-state index in [1.54, 1.807) is 0 Å². The van der Waals surface area contributed by atoms with Gasteiger partial charge in [0.15, 0.2) is 0 Å². The number of rotatable bonds is 3. The summed E-state index contributed by atoms with van der Waals surface area (Å²) in [5.74, 6) is 0. The van der Waals surface area contributed by atoms with E-state index < -0.39 is 0 Å². The number of fused-ring (bicyclic) bond motifs is 1. The first-order valence-corrected chi connectivity index (χ1v) is 6.42. The van der Waals surface area contributed by atoms with Crippen molar-refractivity contribution in [2.24, 2.45) is 0 Å². The van der Waals surface area contributed by atoms with Crippen molar-refractivity contribution in [3.8, 4) is 6.07 Å². The van der Waals surface area contributed by atoms with Crippen LogP contribution in [0.3, 0.4) is 0 Å². The molecule has 19 heavy (non-hydrogen) atoms. The van der Waals surface area contributed by atoms with Crippen LogP contribution in [0.5, 0.6) is 0 Å². The summed E-state index contributed by atoms with van der Waals surface area (Å²) in [5, 5.41) is 10.4. The van der Waals surface area contributed by atoms with Crippen LogP contribution in [0.2, 0.25) is 0 Å². The smallest absolute Gasteiger partial charge is 0.102 e. The number of benzene rings is 2. The average molecular weight is 246 g/mol. The van der Waals surface area contributed by atoms with E-state index in [1.165, 1.54) is 5.56 Å². The molecular weight excluding hydrogens is 232 g/mol. The summed E-state index contributed by atoms with van der Waals surface area (Å²) in [6.07, 6.45) is 1.81. The Morgan fingerprint density at radius 1 is 0.895 bits per heavy atom. The highest BCUT2D eigenvalue weighted by molar-refractivity contribution is 5.87. The Morgan fingerprint density at radius 2 is 1.63 bits per heavy atom. The number of H-pyrrole nitrogens is 1. The number of aromatic nitrogens is 1. The summed E-state index contributed by atoms with van der Waals surface area (Å²) in [7, 11) is 0. The number of hydrogen-bond donors (Lipinski definition) is 1. The number of hydrogen-bond acceptors (Lipinski definition) is 1. The molecule has 0 aliphatic heterocycles. The van der Waals surface area contributed by atoms with Crippen LogP contribution >= 0.6 is 0 Å². The molecule has 1 aromatic heterocycles. The van der Waals surface area contributed by atoms with E-state index in [4.69, 9.17) is 0 Å². The van der Waals surface area contributed by atoms with Crippen molar-refractivity contribution in [1.29, 1.82) is 5.26 Å². The minimum absolute atomic E-state index is 0.784. The lowest BCUT2D eigenvalue weighted by Crippen LogP contribution is -1.93. The summed E-state index contributed by atoms with van der Waals surface area (Å²) in [6, 6.07) is 20.6. The first kappa shape index (κ1) is 11.6. The van der Waals surface area contributed by atoms with Gasteiger partial charge in [0.05, 0.1) is 5.56 Å². The molecule has 2 heteroatoms. The quantitative estimate of drug-likeness (QED) is 0.749. The van der Waals surface area contributed by atoms with Gasteiger partial charge in [-0.3, -0.25) is 0 Å². The predicted molar refractivity (Wildman–Crippen MR) is 76.9 cm³/mol. The lowest BCUT2D eigenvalue weighted by atomic mass is 10.1. The normalized spacial score (nSPS) is 10.5. The van der Waals surface area contributed by atoms with Gasteiger partial charge in [-0.25, -0.2) is 0 Å². The van der Waals surface area contributed by atoms with Crippen LogP contribution in [0.4, 0.5) is 0 Å². The van der Waals surface area contributed by atoms with Gasteiger partial charge in [-0.1, -0.05) is 48.5 Å². The number of para-hydroxylation sites is 1. The zero-order chi connectivity index (χ0) is 13.1. The second-order valence-corrected chi connectivity index (χ2v) is 4.62. The van der Waals surface area contributed by atoms with E-state index in [-0.39, 0.29) is 0 Å². The van der Waals surface area contributed by atoms with Crippen LogP contribution in [0.25, 0.3) is 10.9 Å². The molecule has 1 N–H and O–H groups in total. The van der Waals surface area contributed by atoms with Gasteiger partial charge in [0.1, 0.15) is 6.07 Å². The Morgan fingerprint density at radius 3 is 2.42 bits per heavy atom. The highest BCUT2D eigenvalue weighted by atomic mass is 14.7. The van der Waals surface area contributed by atoms with Gasteiger partial charge in [-0.2, -0.15) is 5.26 Å². The highest BCUT2D eigenvalue weighted by Crippen LogP contribution is 2.22. The van der Waals surface area contributed by atoms with Crippen LogP contribution in [-0.2, 0) is 12.8 Å². The molecule has 3 aromatic rings. The third kappa shape index (κ3) is 2.23. The molecule has 0 saturated heterocycles. The fraction of sp³-hybridized carbons (Fsp3) is 0.118. The molecular formula is C17H14N2.